The van der Waals surface area contributed by atoms with Crippen LogP contribution in [0.4, 0.5) is 0 Å². The summed E-state index contributed by atoms with van der Waals surface area (Å²) in [6.07, 6.45) is 0.943. The van der Waals surface area contributed by atoms with Crippen LogP contribution >= 0.6 is 0 Å². The topological polar surface area (TPSA) is 36.6 Å². The Morgan fingerprint density at radius 1 is 1.20 bits per heavy atom. The molecule has 0 aliphatic rings. The van der Waals surface area contributed by atoms with Crippen molar-refractivity contribution >= 4 is 0 Å². The number of nitrogens with zero attached hydrogens (tertiary/aromatic N) is 1. The number of aliphatic hydroxyl groups is 1. The van der Waals surface area contributed by atoms with Gasteiger partial charge in [-0.05, 0) is 24.6 Å². The molecule has 0 radical (unpaired) electrons. The summed E-state index contributed by atoms with van der Waals surface area (Å²) in [5.74, 6) is 6.54. The van der Waals surface area contributed by atoms with Crippen LogP contribution in [-0.2, 0) is 6.54 Å². The largest absolute Gasteiger partial charge is 0.467 e. The molecule has 104 valence electrons. The molecule has 0 bridgehead atoms. The van der Waals surface area contributed by atoms with E-state index in [0.717, 1.165) is 6.54 Å². The van der Waals surface area contributed by atoms with E-state index in [-0.39, 0.29) is 0 Å². The van der Waals surface area contributed by atoms with Crippen molar-refractivity contribution in [3.05, 3.63) is 60.1 Å². The van der Waals surface area contributed by atoms with Crippen LogP contribution in [0.3, 0.4) is 0 Å². The molecule has 2 rings (SSSR count). The lowest BCUT2D eigenvalue weighted by Crippen LogP contribution is -2.28. The average Bonchev–Trinajstić information content (AvgIpc) is 3.00. The van der Waals surface area contributed by atoms with E-state index in [2.05, 4.69) is 28.9 Å². The number of benzene rings is 1. The quantitative estimate of drug-likeness (QED) is 0.819. The highest BCUT2D eigenvalue weighted by molar-refractivity contribution is 5.15. The van der Waals surface area contributed by atoms with Crippen molar-refractivity contribution in [2.45, 2.75) is 19.6 Å². The average molecular weight is 269 g/mol. The van der Waals surface area contributed by atoms with Crippen molar-refractivity contribution in [3.8, 4) is 11.8 Å². The molecular formula is C17H19NO2. The van der Waals surface area contributed by atoms with Crippen molar-refractivity contribution in [1.82, 2.24) is 4.90 Å². The van der Waals surface area contributed by atoms with Crippen LogP contribution < -0.4 is 0 Å². The van der Waals surface area contributed by atoms with E-state index >= 15 is 0 Å². The minimum Gasteiger partial charge on any atom is -0.467 e. The van der Waals surface area contributed by atoms with E-state index < -0.39 is 6.10 Å². The van der Waals surface area contributed by atoms with Gasteiger partial charge in [-0.25, -0.2) is 0 Å². The van der Waals surface area contributed by atoms with Crippen LogP contribution in [-0.4, -0.2) is 23.1 Å². The lowest BCUT2D eigenvalue weighted by molar-refractivity contribution is 0.0975. The van der Waals surface area contributed by atoms with E-state index in [0.29, 0.717) is 18.8 Å². The number of aliphatic hydroxyl groups excluding tert-OH is 1. The second kappa shape index (κ2) is 7.54. The van der Waals surface area contributed by atoms with Crippen LogP contribution in [0, 0.1) is 11.8 Å². The molecule has 0 spiro atoms. The third kappa shape index (κ3) is 4.27. The molecule has 1 N–H and O–H groups in total. The SMILES string of the molecule is CC#CCN(Cc1ccccc1)CC(O)c1ccco1. The first-order chi connectivity index (χ1) is 9.79. The Hall–Kier alpha value is -2.02. The summed E-state index contributed by atoms with van der Waals surface area (Å²) in [4.78, 5) is 2.11. The Balaban J connectivity index is 2.01. The molecule has 0 saturated heterocycles. The van der Waals surface area contributed by atoms with Gasteiger partial charge in [-0.3, -0.25) is 4.90 Å². The maximum atomic E-state index is 10.2. The van der Waals surface area contributed by atoms with E-state index in [9.17, 15) is 5.11 Å². The first-order valence-corrected chi connectivity index (χ1v) is 6.67. The van der Waals surface area contributed by atoms with Gasteiger partial charge >= 0.3 is 0 Å². The molecule has 1 aromatic heterocycles. The fourth-order valence-electron chi connectivity index (χ4n) is 2.03. The van der Waals surface area contributed by atoms with Crippen molar-refractivity contribution in [2.75, 3.05) is 13.1 Å². The summed E-state index contributed by atoms with van der Waals surface area (Å²) >= 11 is 0. The second-order valence-electron chi connectivity index (χ2n) is 4.61. The van der Waals surface area contributed by atoms with Gasteiger partial charge in [0.1, 0.15) is 11.9 Å². The third-order valence-electron chi connectivity index (χ3n) is 3.03. The summed E-state index contributed by atoms with van der Waals surface area (Å²) < 4.78 is 5.24. The fraction of sp³-hybridized carbons (Fsp3) is 0.294. The molecule has 0 aliphatic heterocycles. The Morgan fingerprint density at radius 2 is 2.00 bits per heavy atom. The molecular weight excluding hydrogens is 250 g/mol. The van der Waals surface area contributed by atoms with Gasteiger partial charge in [0.15, 0.2) is 0 Å². The molecule has 0 saturated carbocycles. The molecule has 2 aromatic rings. The molecule has 0 aliphatic carbocycles. The van der Waals surface area contributed by atoms with Crippen LogP contribution in [0.25, 0.3) is 0 Å². The van der Waals surface area contributed by atoms with Gasteiger partial charge in [0, 0.05) is 13.1 Å². The first kappa shape index (κ1) is 14.4. The molecule has 20 heavy (non-hydrogen) atoms. The molecule has 3 heteroatoms. The van der Waals surface area contributed by atoms with Gasteiger partial charge in [-0.15, -0.1) is 5.92 Å². The van der Waals surface area contributed by atoms with Gasteiger partial charge < -0.3 is 9.52 Å². The Labute approximate surface area is 119 Å². The number of hydrogen-bond acceptors (Lipinski definition) is 3. The van der Waals surface area contributed by atoms with Crippen molar-refractivity contribution in [2.24, 2.45) is 0 Å². The zero-order chi connectivity index (χ0) is 14.2. The highest BCUT2D eigenvalue weighted by Crippen LogP contribution is 2.16. The fourth-order valence-corrected chi connectivity index (χ4v) is 2.03. The minimum atomic E-state index is -0.632. The zero-order valence-electron chi connectivity index (χ0n) is 11.6. The number of rotatable bonds is 6. The standard InChI is InChI=1S/C17H19NO2/c1-2-3-11-18(13-15-8-5-4-6-9-15)14-16(19)17-10-7-12-20-17/h4-10,12,16,19H,11,13-14H2,1H3. The van der Waals surface area contributed by atoms with E-state index in [1.165, 1.54) is 5.56 Å². The Bertz CT molecular complexity index is 552. The molecule has 0 fully saturated rings. The normalized spacial score (nSPS) is 11.9. The number of hydrogen-bond donors (Lipinski definition) is 1. The summed E-state index contributed by atoms with van der Waals surface area (Å²) in [5, 5.41) is 10.2. The lowest BCUT2D eigenvalue weighted by atomic mass is 10.2. The second-order valence-corrected chi connectivity index (χ2v) is 4.61. The van der Waals surface area contributed by atoms with E-state index in [1.807, 2.05) is 25.1 Å². The van der Waals surface area contributed by atoms with Gasteiger partial charge in [0.2, 0.25) is 0 Å². The monoisotopic (exact) mass is 269 g/mol. The van der Waals surface area contributed by atoms with E-state index in [1.54, 1.807) is 18.4 Å². The molecule has 1 aromatic carbocycles. The van der Waals surface area contributed by atoms with Crippen molar-refractivity contribution in [3.63, 3.8) is 0 Å². The highest BCUT2D eigenvalue weighted by Gasteiger charge is 2.15. The molecule has 0 amide bonds. The molecule has 1 atom stereocenters. The molecule has 1 heterocycles. The maximum Gasteiger partial charge on any atom is 0.133 e. The van der Waals surface area contributed by atoms with Crippen LogP contribution in [0.15, 0.2) is 53.1 Å². The van der Waals surface area contributed by atoms with Crippen LogP contribution in [0.1, 0.15) is 24.4 Å². The summed E-state index contributed by atoms with van der Waals surface area (Å²) in [5.41, 5.74) is 1.21. The summed E-state index contributed by atoms with van der Waals surface area (Å²) in [7, 11) is 0. The van der Waals surface area contributed by atoms with Gasteiger partial charge in [0.25, 0.3) is 0 Å². The van der Waals surface area contributed by atoms with Crippen molar-refractivity contribution < 1.29 is 9.52 Å². The summed E-state index contributed by atoms with van der Waals surface area (Å²) in [6.45, 7) is 3.71. The Kier molecular flexibility index (Phi) is 5.43. The molecule has 1 unspecified atom stereocenters. The predicted molar refractivity (Wildman–Crippen MR) is 78.8 cm³/mol. The smallest absolute Gasteiger partial charge is 0.133 e. The van der Waals surface area contributed by atoms with Gasteiger partial charge in [0.05, 0.1) is 12.8 Å². The molecule has 3 nitrogen and oxygen atoms in total. The predicted octanol–water partition coefficient (Wildman–Crippen LogP) is 2.84. The van der Waals surface area contributed by atoms with Gasteiger partial charge in [-0.1, -0.05) is 36.3 Å². The lowest BCUT2D eigenvalue weighted by Gasteiger charge is -2.22. The van der Waals surface area contributed by atoms with Crippen LogP contribution in [0.2, 0.25) is 0 Å². The third-order valence-corrected chi connectivity index (χ3v) is 3.03. The van der Waals surface area contributed by atoms with E-state index in [4.69, 9.17) is 4.42 Å². The Morgan fingerprint density at radius 3 is 2.65 bits per heavy atom. The van der Waals surface area contributed by atoms with Gasteiger partial charge in [-0.2, -0.15) is 0 Å². The first-order valence-electron chi connectivity index (χ1n) is 6.67. The van der Waals surface area contributed by atoms with Crippen molar-refractivity contribution in [1.29, 1.82) is 0 Å². The zero-order valence-corrected chi connectivity index (χ0v) is 11.6. The summed E-state index contributed by atoms with van der Waals surface area (Å²) in [6, 6.07) is 13.8. The van der Waals surface area contributed by atoms with Crippen LogP contribution in [0.5, 0.6) is 0 Å². The number of furan rings is 1. The highest BCUT2D eigenvalue weighted by atomic mass is 16.4. The maximum absolute atomic E-state index is 10.2. The minimum absolute atomic E-state index is 0.497.